The van der Waals surface area contributed by atoms with Crippen molar-refractivity contribution in [3.63, 3.8) is 0 Å². The lowest BCUT2D eigenvalue weighted by atomic mass is 10.0. The summed E-state index contributed by atoms with van der Waals surface area (Å²) in [6.07, 6.45) is 0.850. The van der Waals surface area contributed by atoms with Gasteiger partial charge in [-0.05, 0) is 31.0 Å². The minimum absolute atomic E-state index is 0.0258. The molecule has 14 heavy (non-hydrogen) atoms. The Hall–Kier alpha value is -0.830. The highest BCUT2D eigenvalue weighted by atomic mass is 79.9. The number of benzene rings is 1. The van der Waals surface area contributed by atoms with Gasteiger partial charge in [-0.1, -0.05) is 22.9 Å². The molecule has 0 bridgehead atoms. The van der Waals surface area contributed by atoms with Crippen LogP contribution >= 0.6 is 15.9 Å². The van der Waals surface area contributed by atoms with Gasteiger partial charge >= 0.3 is 0 Å². The number of ketones is 1. The van der Waals surface area contributed by atoms with E-state index in [1.165, 1.54) is 0 Å². The highest BCUT2D eigenvalue weighted by Crippen LogP contribution is 2.29. The number of ether oxygens (including phenoxy) is 1. The molecular formula is C11H13BrO2. The van der Waals surface area contributed by atoms with Crippen LogP contribution in [-0.2, 0) is 6.42 Å². The van der Waals surface area contributed by atoms with Gasteiger partial charge in [0.1, 0.15) is 5.75 Å². The van der Waals surface area contributed by atoms with Gasteiger partial charge in [0.25, 0.3) is 0 Å². The summed E-state index contributed by atoms with van der Waals surface area (Å²) in [6.45, 7) is 3.58. The van der Waals surface area contributed by atoms with Crippen LogP contribution < -0.4 is 4.74 Å². The second kappa shape index (κ2) is 4.60. The zero-order chi connectivity index (χ0) is 10.7. The molecule has 0 unspecified atom stereocenters. The summed E-state index contributed by atoms with van der Waals surface area (Å²) in [6, 6.07) is 3.77. The number of aryl methyl sites for hydroxylation is 1. The molecule has 0 aliphatic carbocycles. The Morgan fingerprint density at radius 1 is 1.50 bits per heavy atom. The highest BCUT2D eigenvalue weighted by Gasteiger charge is 2.12. The van der Waals surface area contributed by atoms with Gasteiger partial charge in [-0.3, -0.25) is 4.79 Å². The fourth-order valence-corrected chi connectivity index (χ4v) is 1.92. The molecule has 2 nitrogen and oxygen atoms in total. The van der Waals surface area contributed by atoms with Gasteiger partial charge in [0.15, 0.2) is 5.78 Å². The van der Waals surface area contributed by atoms with Crippen LogP contribution in [-0.4, -0.2) is 12.9 Å². The van der Waals surface area contributed by atoms with E-state index < -0.39 is 0 Å². The van der Waals surface area contributed by atoms with Crippen LogP contribution in [0.5, 0.6) is 5.75 Å². The lowest BCUT2D eigenvalue weighted by Crippen LogP contribution is -2.01. The molecule has 0 N–H and O–H groups in total. The number of Topliss-reactive ketones (excluding diaryl/α,β-unsaturated/α-hetero) is 1. The zero-order valence-corrected chi connectivity index (χ0v) is 10.1. The molecule has 0 atom stereocenters. The van der Waals surface area contributed by atoms with Crippen molar-refractivity contribution >= 4 is 21.7 Å². The largest absolute Gasteiger partial charge is 0.496 e. The molecule has 0 saturated heterocycles. The van der Waals surface area contributed by atoms with Crippen molar-refractivity contribution in [1.82, 2.24) is 0 Å². The van der Waals surface area contributed by atoms with Gasteiger partial charge in [-0.2, -0.15) is 0 Å². The maximum absolute atomic E-state index is 11.3. The minimum atomic E-state index is 0.0258. The first kappa shape index (κ1) is 11.2. The van der Waals surface area contributed by atoms with Crippen molar-refractivity contribution in [3.05, 3.63) is 27.7 Å². The number of methoxy groups -OCH3 is 1. The zero-order valence-electron chi connectivity index (χ0n) is 8.56. The van der Waals surface area contributed by atoms with Crippen molar-refractivity contribution in [2.24, 2.45) is 0 Å². The monoisotopic (exact) mass is 256 g/mol. The lowest BCUT2D eigenvalue weighted by Gasteiger charge is -2.11. The SMILES string of the molecule is CCc1cc(Br)cc(C(C)=O)c1OC. The second-order valence-electron chi connectivity index (χ2n) is 3.06. The minimum Gasteiger partial charge on any atom is -0.496 e. The highest BCUT2D eigenvalue weighted by molar-refractivity contribution is 9.10. The molecule has 0 aromatic heterocycles. The van der Waals surface area contributed by atoms with Crippen LogP contribution in [0.3, 0.4) is 0 Å². The average Bonchev–Trinajstić information content (AvgIpc) is 2.16. The Morgan fingerprint density at radius 2 is 2.14 bits per heavy atom. The summed E-state index contributed by atoms with van der Waals surface area (Å²) in [7, 11) is 1.59. The number of carbonyl (C=O) groups is 1. The number of hydrogen-bond acceptors (Lipinski definition) is 2. The quantitative estimate of drug-likeness (QED) is 0.777. The second-order valence-corrected chi connectivity index (χ2v) is 3.97. The van der Waals surface area contributed by atoms with Crippen LogP contribution in [0, 0.1) is 0 Å². The summed E-state index contributed by atoms with van der Waals surface area (Å²) < 4.78 is 6.16. The molecule has 0 radical (unpaired) electrons. The van der Waals surface area contributed by atoms with Crippen LogP contribution in [0.4, 0.5) is 0 Å². The Kier molecular flexibility index (Phi) is 3.69. The number of carbonyl (C=O) groups excluding carboxylic acids is 1. The smallest absolute Gasteiger partial charge is 0.163 e. The van der Waals surface area contributed by atoms with Gasteiger partial charge in [-0.25, -0.2) is 0 Å². The van der Waals surface area contributed by atoms with Crippen LogP contribution in [0.25, 0.3) is 0 Å². The Bertz CT molecular complexity index is 359. The van der Waals surface area contributed by atoms with E-state index in [0.717, 1.165) is 16.5 Å². The van der Waals surface area contributed by atoms with Gasteiger partial charge in [-0.15, -0.1) is 0 Å². The normalized spacial score (nSPS) is 10.0. The molecule has 0 aliphatic rings. The first-order valence-electron chi connectivity index (χ1n) is 4.47. The maximum Gasteiger partial charge on any atom is 0.163 e. The maximum atomic E-state index is 11.3. The summed E-state index contributed by atoms with van der Waals surface area (Å²) in [4.78, 5) is 11.3. The van der Waals surface area contributed by atoms with Crippen molar-refractivity contribution in [2.45, 2.75) is 20.3 Å². The van der Waals surface area contributed by atoms with Crippen molar-refractivity contribution < 1.29 is 9.53 Å². The van der Waals surface area contributed by atoms with Gasteiger partial charge < -0.3 is 4.74 Å². The first-order chi connectivity index (χ1) is 6.60. The fourth-order valence-electron chi connectivity index (χ4n) is 1.42. The third-order valence-electron chi connectivity index (χ3n) is 2.09. The first-order valence-corrected chi connectivity index (χ1v) is 5.26. The molecule has 1 aromatic rings. The van der Waals surface area contributed by atoms with Gasteiger partial charge in [0.05, 0.1) is 12.7 Å². The van der Waals surface area contributed by atoms with Crippen LogP contribution in [0.15, 0.2) is 16.6 Å². The molecule has 0 saturated carbocycles. The van der Waals surface area contributed by atoms with Gasteiger partial charge in [0.2, 0.25) is 0 Å². The summed E-state index contributed by atoms with van der Waals surface area (Å²) >= 11 is 3.38. The molecule has 0 heterocycles. The lowest BCUT2D eigenvalue weighted by molar-refractivity contribution is 0.101. The molecule has 0 spiro atoms. The van der Waals surface area contributed by atoms with E-state index in [4.69, 9.17) is 4.74 Å². The predicted octanol–water partition coefficient (Wildman–Crippen LogP) is 3.22. The van der Waals surface area contributed by atoms with E-state index in [-0.39, 0.29) is 5.78 Å². The average molecular weight is 257 g/mol. The number of hydrogen-bond donors (Lipinski definition) is 0. The van der Waals surface area contributed by atoms with Crippen LogP contribution in [0.2, 0.25) is 0 Å². The predicted molar refractivity (Wildman–Crippen MR) is 60.1 cm³/mol. The Labute approximate surface area is 92.4 Å². The van der Waals surface area contributed by atoms with E-state index in [0.29, 0.717) is 11.3 Å². The van der Waals surface area contributed by atoms with E-state index in [9.17, 15) is 4.79 Å². The number of rotatable bonds is 3. The summed E-state index contributed by atoms with van der Waals surface area (Å²) in [5, 5.41) is 0. The summed E-state index contributed by atoms with van der Waals surface area (Å²) in [5.74, 6) is 0.723. The van der Waals surface area contributed by atoms with Crippen molar-refractivity contribution in [3.8, 4) is 5.75 Å². The van der Waals surface area contributed by atoms with Crippen molar-refractivity contribution in [1.29, 1.82) is 0 Å². The molecule has 1 rings (SSSR count). The van der Waals surface area contributed by atoms with Crippen LogP contribution in [0.1, 0.15) is 29.8 Å². The Balaban J connectivity index is 3.39. The molecule has 0 aliphatic heterocycles. The molecule has 3 heteroatoms. The molecule has 1 aromatic carbocycles. The fraction of sp³-hybridized carbons (Fsp3) is 0.364. The van der Waals surface area contributed by atoms with Crippen molar-refractivity contribution in [2.75, 3.05) is 7.11 Å². The van der Waals surface area contributed by atoms with E-state index >= 15 is 0 Å². The third-order valence-corrected chi connectivity index (χ3v) is 2.55. The van der Waals surface area contributed by atoms with Gasteiger partial charge in [0, 0.05) is 4.47 Å². The van der Waals surface area contributed by atoms with E-state index in [1.54, 1.807) is 20.1 Å². The van der Waals surface area contributed by atoms with E-state index in [2.05, 4.69) is 15.9 Å². The molecule has 0 amide bonds. The number of halogens is 1. The summed E-state index contributed by atoms with van der Waals surface area (Å²) in [5.41, 5.74) is 1.69. The standard InChI is InChI=1S/C11H13BrO2/c1-4-8-5-9(12)6-10(7(2)13)11(8)14-3/h5-6H,4H2,1-3H3. The molecule has 0 fully saturated rings. The Morgan fingerprint density at radius 3 is 2.57 bits per heavy atom. The topological polar surface area (TPSA) is 26.3 Å². The molecule has 76 valence electrons. The molecular weight excluding hydrogens is 244 g/mol. The third kappa shape index (κ3) is 2.15. The van der Waals surface area contributed by atoms with E-state index in [1.807, 2.05) is 13.0 Å².